The van der Waals surface area contributed by atoms with Gasteiger partial charge >= 0.3 is 17.9 Å². The van der Waals surface area contributed by atoms with Gasteiger partial charge in [0.1, 0.15) is 13.2 Å². The van der Waals surface area contributed by atoms with E-state index >= 15 is 0 Å². The molecule has 0 aliphatic rings. The van der Waals surface area contributed by atoms with E-state index in [2.05, 4.69) is 45.1 Å². The predicted octanol–water partition coefficient (Wildman–Crippen LogP) is 18.7. The summed E-state index contributed by atoms with van der Waals surface area (Å²) in [6, 6.07) is 0. The highest BCUT2D eigenvalue weighted by Crippen LogP contribution is 2.17. The highest BCUT2D eigenvalue weighted by Gasteiger charge is 2.19. The molecule has 0 bridgehead atoms. The van der Waals surface area contributed by atoms with Crippen LogP contribution < -0.4 is 0 Å². The summed E-state index contributed by atoms with van der Waals surface area (Å²) >= 11 is 0. The molecule has 0 aromatic heterocycles. The smallest absolute Gasteiger partial charge is 0.306 e. The molecule has 376 valence electrons. The fourth-order valence-electron chi connectivity index (χ4n) is 8.35. The molecule has 0 heterocycles. The van der Waals surface area contributed by atoms with Gasteiger partial charge in [0, 0.05) is 19.3 Å². The molecule has 0 saturated heterocycles. The first kappa shape index (κ1) is 61.9. The van der Waals surface area contributed by atoms with Gasteiger partial charge < -0.3 is 14.2 Å². The molecular weight excluding hydrogens is 793 g/mol. The molecule has 0 aromatic carbocycles. The molecule has 0 fully saturated rings. The van der Waals surface area contributed by atoms with Crippen LogP contribution in [0.15, 0.2) is 24.3 Å². The first-order valence-corrected chi connectivity index (χ1v) is 28.3. The monoisotopic (exact) mass is 901 g/mol. The van der Waals surface area contributed by atoms with Crippen molar-refractivity contribution < 1.29 is 28.6 Å². The average Bonchev–Trinajstić information content (AvgIpc) is 3.29. The van der Waals surface area contributed by atoms with Crippen LogP contribution in [0.2, 0.25) is 0 Å². The van der Waals surface area contributed by atoms with Crippen LogP contribution in [0.3, 0.4) is 0 Å². The molecule has 0 radical (unpaired) electrons. The summed E-state index contributed by atoms with van der Waals surface area (Å²) in [5, 5.41) is 0. The minimum absolute atomic E-state index is 0.0735. The summed E-state index contributed by atoms with van der Waals surface area (Å²) in [5.41, 5.74) is 0. The van der Waals surface area contributed by atoms with Gasteiger partial charge in [-0.15, -0.1) is 0 Å². The maximum absolute atomic E-state index is 12.8. The van der Waals surface area contributed by atoms with Gasteiger partial charge in [0.25, 0.3) is 0 Å². The predicted molar refractivity (Wildman–Crippen MR) is 275 cm³/mol. The molecule has 0 aliphatic heterocycles. The van der Waals surface area contributed by atoms with Crippen LogP contribution in [0, 0.1) is 0 Å². The van der Waals surface area contributed by atoms with Gasteiger partial charge in [0.05, 0.1) is 0 Å². The average molecular weight is 901 g/mol. The number of carbonyl (C=O) groups is 3. The summed E-state index contributed by atoms with van der Waals surface area (Å²) in [5.74, 6) is -0.879. The van der Waals surface area contributed by atoms with Crippen molar-refractivity contribution in [3.8, 4) is 0 Å². The minimum Gasteiger partial charge on any atom is -0.462 e. The largest absolute Gasteiger partial charge is 0.462 e. The summed E-state index contributed by atoms with van der Waals surface area (Å²) in [7, 11) is 0. The van der Waals surface area contributed by atoms with Gasteiger partial charge in [-0.25, -0.2) is 0 Å². The Labute approximate surface area is 398 Å². The number of esters is 3. The van der Waals surface area contributed by atoms with Crippen molar-refractivity contribution in [2.75, 3.05) is 13.2 Å². The minimum atomic E-state index is -0.774. The summed E-state index contributed by atoms with van der Waals surface area (Å²) in [6.45, 7) is 6.59. The molecule has 64 heavy (non-hydrogen) atoms. The van der Waals surface area contributed by atoms with E-state index in [4.69, 9.17) is 14.2 Å². The third kappa shape index (κ3) is 50.9. The second kappa shape index (κ2) is 53.5. The lowest BCUT2D eigenvalue weighted by atomic mass is 10.0. The van der Waals surface area contributed by atoms with E-state index in [1.54, 1.807) is 0 Å². The van der Waals surface area contributed by atoms with Crippen molar-refractivity contribution in [2.45, 2.75) is 316 Å². The number of ether oxygens (including phenoxy) is 3. The maximum Gasteiger partial charge on any atom is 0.306 e. The quantitative estimate of drug-likeness (QED) is 0.0262. The summed E-state index contributed by atoms with van der Waals surface area (Å²) in [6.07, 6.45) is 61.9. The van der Waals surface area contributed by atoms with E-state index in [1.807, 2.05) is 0 Å². The van der Waals surface area contributed by atoms with Crippen LogP contribution in [0.5, 0.6) is 0 Å². The van der Waals surface area contributed by atoms with E-state index in [1.165, 1.54) is 193 Å². The molecule has 0 N–H and O–H groups in total. The van der Waals surface area contributed by atoms with Gasteiger partial charge in [0.2, 0.25) is 0 Å². The van der Waals surface area contributed by atoms with Crippen LogP contribution in [-0.2, 0) is 28.6 Å². The zero-order chi connectivity index (χ0) is 46.5. The normalized spacial score (nSPS) is 12.1. The third-order valence-corrected chi connectivity index (χ3v) is 12.7. The Hall–Kier alpha value is -2.11. The number of rotatable bonds is 52. The molecule has 0 aliphatic carbocycles. The van der Waals surface area contributed by atoms with Crippen molar-refractivity contribution in [3.63, 3.8) is 0 Å². The fraction of sp³-hybridized carbons (Fsp3) is 0.879. The van der Waals surface area contributed by atoms with E-state index in [0.717, 1.165) is 77.0 Å². The zero-order valence-electron chi connectivity index (χ0n) is 43.1. The SMILES string of the molecule is CCCC/C=C\CCCCCCCC(=O)OCC(COC(=O)CCCCCCCCCCCCCCCCCCCCCCCCCC)OC(=O)CCCCCCC/C=C\CCCC. The molecule has 0 spiro atoms. The van der Waals surface area contributed by atoms with Crippen molar-refractivity contribution >= 4 is 17.9 Å². The molecule has 1 atom stereocenters. The molecule has 6 nitrogen and oxygen atoms in total. The van der Waals surface area contributed by atoms with Crippen LogP contribution in [0.25, 0.3) is 0 Å². The number of hydrogen-bond donors (Lipinski definition) is 0. The van der Waals surface area contributed by atoms with Crippen molar-refractivity contribution in [1.82, 2.24) is 0 Å². The van der Waals surface area contributed by atoms with Crippen LogP contribution in [0.4, 0.5) is 0 Å². The molecule has 0 rings (SSSR count). The lowest BCUT2D eigenvalue weighted by molar-refractivity contribution is -0.167. The molecule has 1 unspecified atom stereocenters. The number of hydrogen-bond acceptors (Lipinski definition) is 6. The number of allylic oxidation sites excluding steroid dienone is 4. The van der Waals surface area contributed by atoms with Gasteiger partial charge in [0.15, 0.2) is 6.10 Å². The van der Waals surface area contributed by atoms with Crippen LogP contribution in [0.1, 0.15) is 310 Å². The van der Waals surface area contributed by atoms with Gasteiger partial charge in [-0.3, -0.25) is 14.4 Å². The van der Waals surface area contributed by atoms with Crippen molar-refractivity contribution in [1.29, 1.82) is 0 Å². The third-order valence-electron chi connectivity index (χ3n) is 12.7. The summed E-state index contributed by atoms with van der Waals surface area (Å²) < 4.78 is 16.8. The molecule has 0 saturated carbocycles. The van der Waals surface area contributed by atoms with E-state index in [0.29, 0.717) is 19.3 Å². The lowest BCUT2D eigenvalue weighted by Gasteiger charge is -2.18. The topological polar surface area (TPSA) is 78.9 Å². The number of carbonyl (C=O) groups excluding carboxylic acids is 3. The Balaban J connectivity index is 4.14. The first-order chi connectivity index (χ1) is 31.5. The van der Waals surface area contributed by atoms with Crippen molar-refractivity contribution in [2.24, 2.45) is 0 Å². The van der Waals surface area contributed by atoms with Gasteiger partial charge in [-0.1, -0.05) is 257 Å². The Bertz CT molecular complexity index is 1040. The van der Waals surface area contributed by atoms with Crippen LogP contribution >= 0.6 is 0 Å². The van der Waals surface area contributed by atoms with E-state index < -0.39 is 6.10 Å². The first-order valence-electron chi connectivity index (χ1n) is 28.3. The second-order valence-corrected chi connectivity index (χ2v) is 19.2. The Morgan fingerprint density at radius 3 is 0.828 bits per heavy atom. The standard InChI is InChI=1S/C58H108O6/c1-4-7-10-13-16-19-22-23-24-25-26-27-28-29-30-31-32-33-34-37-39-42-45-48-51-57(60)63-54-55(64-58(61)52-49-46-43-40-36-21-18-15-12-9-6-3)53-62-56(59)50-47-44-41-38-35-20-17-14-11-8-5-2/h14-15,17-18,55H,4-13,16,19-54H2,1-3H3/b17-14-,18-15-. The summed E-state index contributed by atoms with van der Waals surface area (Å²) in [4.78, 5) is 37.9. The Morgan fingerprint density at radius 2 is 0.531 bits per heavy atom. The highest BCUT2D eigenvalue weighted by atomic mass is 16.6. The van der Waals surface area contributed by atoms with E-state index in [-0.39, 0.29) is 31.1 Å². The second-order valence-electron chi connectivity index (χ2n) is 19.2. The van der Waals surface area contributed by atoms with Gasteiger partial charge in [-0.05, 0) is 57.8 Å². The molecular formula is C58H108O6. The zero-order valence-corrected chi connectivity index (χ0v) is 43.1. The van der Waals surface area contributed by atoms with Crippen molar-refractivity contribution in [3.05, 3.63) is 24.3 Å². The molecule has 0 aromatic rings. The lowest BCUT2D eigenvalue weighted by Crippen LogP contribution is -2.30. The Morgan fingerprint density at radius 1 is 0.297 bits per heavy atom. The number of unbranched alkanes of at least 4 members (excludes halogenated alkanes) is 37. The molecule has 6 heteroatoms. The molecule has 0 amide bonds. The fourth-order valence-corrected chi connectivity index (χ4v) is 8.35. The van der Waals surface area contributed by atoms with Gasteiger partial charge in [-0.2, -0.15) is 0 Å². The van der Waals surface area contributed by atoms with E-state index in [9.17, 15) is 14.4 Å². The Kier molecular flexibility index (Phi) is 51.7. The maximum atomic E-state index is 12.8. The van der Waals surface area contributed by atoms with Crippen LogP contribution in [-0.4, -0.2) is 37.2 Å². The highest BCUT2D eigenvalue weighted by molar-refractivity contribution is 5.71.